The number of aryl methyl sites for hydroxylation is 1. The zero-order valence-corrected chi connectivity index (χ0v) is 19.2. The molecule has 7 heteroatoms. The lowest BCUT2D eigenvalue weighted by Gasteiger charge is -2.15. The Bertz CT molecular complexity index is 1350. The van der Waals surface area contributed by atoms with Gasteiger partial charge in [0.25, 0.3) is 0 Å². The van der Waals surface area contributed by atoms with Gasteiger partial charge in [-0.3, -0.25) is 5.41 Å². The van der Waals surface area contributed by atoms with Crippen LogP contribution >= 0.6 is 11.9 Å². The average Bonchev–Trinajstić information content (AvgIpc) is 2.79. The molecule has 32 heavy (non-hydrogen) atoms. The molecule has 0 aliphatic rings. The number of nitrogens with one attached hydrogen (secondary N) is 3. The SMILES string of the molecule is C=c1/c(=C/NC)c(=N)c(-c2cc(NSCC)ccc2Cc2ccc(C#N)cc2F)cn1C. The third-order valence-electron chi connectivity index (χ3n) is 5.18. The van der Waals surface area contributed by atoms with E-state index in [1.165, 1.54) is 6.07 Å². The van der Waals surface area contributed by atoms with E-state index >= 15 is 0 Å². The second-order valence-corrected chi connectivity index (χ2v) is 8.39. The molecule has 0 atom stereocenters. The Morgan fingerprint density at radius 2 is 1.97 bits per heavy atom. The molecule has 1 aromatic heterocycles. The molecule has 0 saturated carbocycles. The number of hydrogen-bond donors (Lipinski definition) is 3. The van der Waals surface area contributed by atoms with Crippen molar-refractivity contribution in [1.82, 2.24) is 9.88 Å². The summed E-state index contributed by atoms with van der Waals surface area (Å²) in [7, 11) is 3.68. The van der Waals surface area contributed by atoms with Gasteiger partial charge in [-0.25, -0.2) is 4.39 Å². The summed E-state index contributed by atoms with van der Waals surface area (Å²) in [4.78, 5) is 0. The van der Waals surface area contributed by atoms with E-state index < -0.39 is 5.82 Å². The lowest BCUT2D eigenvalue weighted by Crippen LogP contribution is -2.45. The average molecular weight is 448 g/mol. The van der Waals surface area contributed by atoms with Gasteiger partial charge in [-0.15, -0.1) is 0 Å². The van der Waals surface area contributed by atoms with Crippen molar-refractivity contribution in [2.45, 2.75) is 13.3 Å². The van der Waals surface area contributed by atoms with Crippen LogP contribution < -0.4 is 26.0 Å². The number of pyridine rings is 1. The Labute approximate surface area is 191 Å². The van der Waals surface area contributed by atoms with E-state index in [2.05, 4.69) is 23.5 Å². The topological polar surface area (TPSA) is 76.6 Å². The molecule has 3 rings (SSSR count). The van der Waals surface area contributed by atoms with E-state index in [1.807, 2.05) is 42.1 Å². The van der Waals surface area contributed by atoms with E-state index in [4.69, 9.17) is 10.7 Å². The second kappa shape index (κ2) is 10.2. The van der Waals surface area contributed by atoms with Crippen LogP contribution in [0.3, 0.4) is 0 Å². The van der Waals surface area contributed by atoms with Crippen LogP contribution in [-0.2, 0) is 13.5 Å². The molecule has 3 N–H and O–H groups in total. The first kappa shape index (κ1) is 23.2. The van der Waals surface area contributed by atoms with Crippen LogP contribution in [0.4, 0.5) is 10.1 Å². The summed E-state index contributed by atoms with van der Waals surface area (Å²) < 4.78 is 19.8. The van der Waals surface area contributed by atoms with Crippen LogP contribution in [0.25, 0.3) is 23.9 Å². The van der Waals surface area contributed by atoms with Gasteiger partial charge in [-0.2, -0.15) is 5.26 Å². The maximum Gasteiger partial charge on any atom is 0.128 e. The third-order valence-corrected chi connectivity index (χ3v) is 5.85. The Balaban J connectivity index is 2.22. The highest BCUT2D eigenvalue weighted by molar-refractivity contribution is 8.00. The molecule has 0 fully saturated rings. The number of nitriles is 1. The molecule has 0 bridgehead atoms. The number of benzene rings is 2. The van der Waals surface area contributed by atoms with Crippen LogP contribution in [0.15, 0.2) is 42.6 Å². The van der Waals surface area contributed by atoms with Crippen LogP contribution in [0, 0.1) is 22.6 Å². The van der Waals surface area contributed by atoms with Crippen molar-refractivity contribution < 1.29 is 4.39 Å². The fourth-order valence-corrected chi connectivity index (χ4v) is 3.92. The van der Waals surface area contributed by atoms with Crippen molar-refractivity contribution in [3.63, 3.8) is 0 Å². The first-order chi connectivity index (χ1) is 15.4. The summed E-state index contributed by atoms with van der Waals surface area (Å²) in [6.07, 6.45) is 4.00. The molecule has 0 spiro atoms. The lowest BCUT2D eigenvalue weighted by atomic mass is 9.94. The minimum atomic E-state index is -0.410. The number of hydrogen-bond acceptors (Lipinski definition) is 5. The number of rotatable bonds is 7. The molecule has 0 aliphatic carbocycles. The van der Waals surface area contributed by atoms with Crippen LogP contribution in [-0.4, -0.2) is 17.4 Å². The summed E-state index contributed by atoms with van der Waals surface area (Å²) >= 11 is 1.58. The molecule has 0 aliphatic heterocycles. The predicted octanol–water partition coefficient (Wildman–Crippen LogP) is 3.22. The van der Waals surface area contributed by atoms with E-state index in [9.17, 15) is 4.39 Å². The van der Waals surface area contributed by atoms with Gasteiger partial charge in [0, 0.05) is 60.5 Å². The summed E-state index contributed by atoms with van der Waals surface area (Å²) in [5.74, 6) is 0.497. The van der Waals surface area contributed by atoms with Crippen molar-refractivity contribution in [3.05, 3.63) is 81.0 Å². The molecule has 0 unspecified atom stereocenters. The fraction of sp³-hybridized carbons (Fsp3) is 0.200. The van der Waals surface area contributed by atoms with Gasteiger partial charge in [0.2, 0.25) is 0 Å². The summed E-state index contributed by atoms with van der Waals surface area (Å²) in [5.41, 5.74) is 4.18. The zero-order chi connectivity index (χ0) is 23.3. The summed E-state index contributed by atoms with van der Waals surface area (Å²) in [6, 6.07) is 12.4. The van der Waals surface area contributed by atoms with Gasteiger partial charge in [0.1, 0.15) is 5.82 Å². The Kier molecular flexibility index (Phi) is 7.39. The van der Waals surface area contributed by atoms with E-state index in [0.717, 1.165) is 33.5 Å². The van der Waals surface area contributed by atoms with E-state index in [0.29, 0.717) is 28.1 Å². The van der Waals surface area contributed by atoms with Crippen molar-refractivity contribution in [2.24, 2.45) is 7.05 Å². The van der Waals surface area contributed by atoms with Crippen LogP contribution in [0.2, 0.25) is 0 Å². The van der Waals surface area contributed by atoms with E-state index in [-0.39, 0.29) is 0 Å². The van der Waals surface area contributed by atoms with Gasteiger partial charge in [0.15, 0.2) is 0 Å². The third kappa shape index (κ3) is 4.87. The minimum absolute atomic E-state index is 0.293. The molecule has 164 valence electrons. The highest BCUT2D eigenvalue weighted by atomic mass is 32.2. The quantitative estimate of drug-likeness (QED) is 0.486. The Morgan fingerprint density at radius 3 is 2.62 bits per heavy atom. The summed E-state index contributed by atoms with van der Waals surface area (Å²) in [6.45, 7) is 6.16. The van der Waals surface area contributed by atoms with Gasteiger partial charge >= 0.3 is 0 Å². The maximum absolute atomic E-state index is 14.6. The predicted molar refractivity (Wildman–Crippen MR) is 131 cm³/mol. The highest BCUT2D eigenvalue weighted by Crippen LogP contribution is 2.28. The maximum atomic E-state index is 14.6. The first-order valence-electron chi connectivity index (χ1n) is 10.2. The monoisotopic (exact) mass is 447 g/mol. The number of nitrogens with zero attached hydrogens (tertiary/aromatic N) is 2. The first-order valence-corrected chi connectivity index (χ1v) is 11.2. The molecular weight excluding hydrogens is 421 g/mol. The molecule has 0 saturated heterocycles. The molecule has 5 nitrogen and oxygen atoms in total. The smallest absolute Gasteiger partial charge is 0.128 e. The molecule has 3 aromatic rings. The Hall–Kier alpha value is -3.50. The van der Waals surface area contributed by atoms with Crippen molar-refractivity contribution in [1.29, 1.82) is 10.7 Å². The fourth-order valence-electron chi connectivity index (χ4n) is 3.49. The van der Waals surface area contributed by atoms with E-state index in [1.54, 1.807) is 37.3 Å². The van der Waals surface area contributed by atoms with Crippen molar-refractivity contribution in [3.8, 4) is 17.2 Å². The summed E-state index contributed by atoms with van der Waals surface area (Å²) in [5, 5.41) is 22.6. The number of anilines is 1. The number of halogens is 1. The van der Waals surface area contributed by atoms with Gasteiger partial charge in [-0.1, -0.05) is 37.6 Å². The second-order valence-electron chi connectivity index (χ2n) is 7.32. The molecule has 1 heterocycles. The largest absolute Gasteiger partial charge is 0.393 e. The minimum Gasteiger partial charge on any atom is -0.393 e. The highest BCUT2D eigenvalue weighted by Gasteiger charge is 2.13. The standard InChI is InChI=1S/C25H26FN5S/c1-5-32-30-20-9-8-18(11-19-7-6-17(13-27)10-24(19)26)21(12-20)23-15-31(4)16(2)22(14-29-3)25(23)28/h6-10,12,14-15,28-30H,2,5,11H2,1,3-4H3/b22-14-,28-25?. The zero-order valence-electron chi connectivity index (χ0n) is 18.4. The lowest BCUT2D eigenvalue weighted by molar-refractivity contribution is 0.613. The molecule has 0 radical (unpaired) electrons. The van der Waals surface area contributed by atoms with Gasteiger partial charge in [0.05, 0.1) is 17.0 Å². The molecular formula is C25H26FN5S. The van der Waals surface area contributed by atoms with Crippen LogP contribution in [0.5, 0.6) is 0 Å². The van der Waals surface area contributed by atoms with Gasteiger partial charge < -0.3 is 14.6 Å². The number of aromatic nitrogens is 1. The molecule has 2 aromatic carbocycles. The van der Waals surface area contributed by atoms with Crippen LogP contribution in [0.1, 0.15) is 23.6 Å². The Morgan fingerprint density at radius 1 is 1.22 bits per heavy atom. The van der Waals surface area contributed by atoms with Crippen molar-refractivity contribution >= 4 is 30.4 Å². The normalized spacial score (nSPS) is 11.3. The van der Waals surface area contributed by atoms with Gasteiger partial charge in [-0.05, 0) is 41.0 Å². The molecule has 0 amide bonds. The van der Waals surface area contributed by atoms with Crippen molar-refractivity contribution in [2.75, 3.05) is 17.5 Å².